The van der Waals surface area contributed by atoms with Crippen molar-refractivity contribution in [2.45, 2.75) is 43.2 Å². The van der Waals surface area contributed by atoms with E-state index in [2.05, 4.69) is 16.7 Å². The summed E-state index contributed by atoms with van der Waals surface area (Å²) in [5.74, 6) is -1.33. The van der Waals surface area contributed by atoms with Crippen molar-refractivity contribution in [1.29, 1.82) is 5.26 Å². The summed E-state index contributed by atoms with van der Waals surface area (Å²) >= 11 is 5.61. The van der Waals surface area contributed by atoms with Crippen LogP contribution in [0.1, 0.15) is 32.1 Å². The van der Waals surface area contributed by atoms with Gasteiger partial charge >= 0.3 is 6.09 Å². The molecule has 1 unspecified atom stereocenters. The van der Waals surface area contributed by atoms with Crippen molar-refractivity contribution in [3.05, 3.63) is 29.0 Å². The van der Waals surface area contributed by atoms with E-state index < -0.39 is 28.9 Å². The lowest BCUT2D eigenvalue weighted by Gasteiger charge is -2.55. The molecule has 1 aromatic rings. The van der Waals surface area contributed by atoms with Gasteiger partial charge in [-0.05, 0) is 44.2 Å². The van der Waals surface area contributed by atoms with Gasteiger partial charge in [-0.25, -0.2) is 9.18 Å². The quantitative estimate of drug-likeness (QED) is 0.709. The van der Waals surface area contributed by atoms with E-state index in [1.807, 2.05) is 0 Å². The summed E-state index contributed by atoms with van der Waals surface area (Å²) in [6.45, 7) is -0.293. The van der Waals surface area contributed by atoms with Gasteiger partial charge in [-0.1, -0.05) is 11.6 Å². The predicted octanol–water partition coefficient (Wildman–Crippen LogP) is 2.84. The van der Waals surface area contributed by atoms with E-state index in [-0.39, 0.29) is 23.3 Å². The first-order valence-corrected chi connectivity index (χ1v) is 8.95. The van der Waals surface area contributed by atoms with Crippen LogP contribution in [0, 0.1) is 23.1 Å². The van der Waals surface area contributed by atoms with Crippen molar-refractivity contribution in [2.24, 2.45) is 5.92 Å². The van der Waals surface area contributed by atoms with Crippen LogP contribution < -0.4 is 15.4 Å². The maximum Gasteiger partial charge on any atom is 0.405 e. The number of ether oxygens (including phenoxy) is 1. The Balaban J connectivity index is 1.61. The number of hydrogen-bond acceptors (Lipinski definition) is 4. The first-order valence-electron chi connectivity index (χ1n) is 8.57. The highest BCUT2D eigenvalue weighted by Gasteiger charge is 2.56. The molecule has 0 saturated heterocycles. The van der Waals surface area contributed by atoms with E-state index >= 15 is 0 Å². The van der Waals surface area contributed by atoms with Gasteiger partial charge in [0.2, 0.25) is 0 Å². The molecule has 3 saturated carbocycles. The minimum atomic E-state index is -1.14. The largest absolute Gasteiger partial charge is 0.484 e. The van der Waals surface area contributed by atoms with Crippen LogP contribution in [-0.2, 0) is 4.79 Å². The molecule has 1 aromatic carbocycles. The van der Waals surface area contributed by atoms with E-state index in [4.69, 9.17) is 21.4 Å². The standard InChI is InChI=1S/C18H19ClFN3O4/c19-13-2-1-12(7-14(13)20)27-10-15(24)22-17-3-5-18(6-4-17,23-16(25)26)11(8-17)9-21/h1-2,7,11,23H,3-6,8,10H2,(H,22,24)(H,25,26). The Morgan fingerprint density at radius 1 is 1.33 bits per heavy atom. The van der Waals surface area contributed by atoms with Crippen LogP contribution in [0.4, 0.5) is 9.18 Å². The van der Waals surface area contributed by atoms with Crippen LogP contribution in [0.5, 0.6) is 5.75 Å². The maximum absolute atomic E-state index is 13.4. The third-order valence-corrected chi connectivity index (χ3v) is 5.85. The molecular formula is C18H19ClFN3O4. The SMILES string of the molecule is N#CC1CC2(NC(=O)COc3ccc(Cl)c(F)c3)CCC1(NC(=O)O)CC2. The van der Waals surface area contributed by atoms with Gasteiger partial charge in [0, 0.05) is 11.6 Å². The zero-order valence-corrected chi connectivity index (χ0v) is 15.2. The molecule has 3 aliphatic rings. The van der Waals surface area contributed by atoms with E-state index in [1.165, 1.54) is 12.1 Å². The molecule has 2 amide bonds. The molecule has 2 bridgehead atoms. The van der Waals surface area contributed by atoms with Crippen molar-refractivity contribution >= 4 is 23.6 Å². The van der Waals surface area contributed by atoms with Crippen molar-refractivity contribution in [2.75, 3.05) is 6.61 Å². The Morgan fingerprint density at radius 3 is 2.63 bits per heavy atom. The first-order chi connectivity index (χ1) is 12.8. The average Bonchev–Trinajstić information content (AvgIpc) is 2.63. The number of carboxylic acid groups (broad SMARTS) is 1. The fourth-order valence-electron chi connectivity index (χ4n) is 4.13. The molecule has 1 atom stereocenters. The minimum absolute atomic E-state index is 0.0314. The molecule has 0 radical (unpaired) electrons. The summed E-state index contributed by atoms with van der Waals surface area (Å²) in [5.41, 5.74) is -1.29. The maximum atomic E-state index is 13.4. The first kappa shape index (κ1) is 19.2. The zero-order chi connectivity index (χ0) is 19.7. The number of nitriles is 1. The summed E-state index contributed by atoms with van der Waals surface area (Å²) in [4.78, 5) is 23.4. The van der Waals surface area contributed by atoms with E-state index in [9.17, 15) is 19.2 Å². The van der Waals surface area contributed by atoms with Crippen LogP contribution >= 0.6 is 11.6 Å². The number of nitrogens with zero attached hydrogens (tertiary/aromatic N) is 1. The van der Waals surface area contributed by atoms with Crippen LogP contribution in [-0.4, -0.2) is 34.8 Å². The van der Waals surface area contributed by atoms with Crippen molar-refractivity contribution < 1.29 is 23.8 Å². The highest BCUT2D eigenvalue weighted by Crippen LogP contribution is 2.50. The number of rotatable bonds is 5. The number of halogens is 2. The van der Waals surface area contributed by atoms with Crippen LogP contribution in [0.3, 0.4) is 0 Å². The second-order valence-electron chi connectivity index (χ2n) is 7.17. The third kappa shape index (κ3) is 3.93. The number of nitrogens with one attached hydrogen (secondary N) is 2. The number of carbonyl (C=O) groups is 2. The molecule has 0 aliphatic heterocycles. The Morgan fingerprint density at radius 2 is 2.04 bits per heavy atom. The van der Waals surface area contributed by atoms with Gasteiger partial charge in [0.1, 0.15) is 11.6 Å². The molecule has 0 aromatic heterocycles. The summed E-state index contributed by atoms with van der Waals surface area (Å²) in [6, 6.07) is 6.10. The molecule has 3 fully saturated rings. The van der Waals surface area contributed by atoms with Gasteiger partial charge in [0.25, 0.3) is 5.91 Å². The van der Waals surface area contributed by atoms with Gasteiger partial charge in [0.05, 0.1) is 22.5 Å². The fourth-order valence-corrected chi connectivity index (χ4v) is 4.25. The van der Waals surface area contributed by atoms with Gasteiger partial charge in [-0.3, -0.25) is 4.79 Å². The summed E-state index contributed by atoms with van der Waals surface area (Å²) in [6.07, 6.45) is 1.37. The Labute approximate surface area is 160 Å². The molecule has 9 heteroatoms. The molecule has 4 rings (SSSR count). The number of carbonyl (C=O) groups excluding carboxylic acids is 1. The summed E-state index contributed by atoms with van der Waals surface area (Å²) in [7, 11) is 0. The molecule has 7 nitrogen and oxygen atoms in total. The number of amides is 2. The van der Waals surface area contributed by atoms with E-state index in [0.29, 0.717) is 32.1 Å². The van der Waals surface area contributed by atoms with Gasteiger partial charge in [-0.2, -0.15) is 5.26 Å². The lowest BCUT2D eigenvalue weighted by molar-refractivity contribution is -0.127. The average molecular weight is 396 g/mol. The highest BCUT2D eigenvalue weighted by atomic mass is 35.5. The molecule has 0 heterocycles. The van der Waals surface area contributed by atoms with Gasteiger partial charge < -0.3 is 20.5 Å². The van der Waals surface area contributed by atoms with Crippen LogP contribution in [0.25, 0.3) is 0 Å². The molecule has 3 N–H and O–H groups in total. The van der Waals surface area contributed by atoms with Gasteiger partial charge in [-0.15, -0.1) is 0 Å². The third-order valence-electron chi connectivity index (χ3n) is 5.54. The monoisotopic (exact) mass is 395 g/mol. The smallest absolute Gasteiger partial charge is 0.405 e. The summed E-state index contributed by atoms with van der Waals surface area (Å²) < 4.78 is 18.7. The highest BCUT2D eigenvalue weighted by molar-refractivity contribution is 6.30. The second kappa shape index (κ2) is 7.24. The number of benzene rings is 1. The van der Waals surface area contributed by atoms with Crippen molar-refractivity contribution in [1.82, 2.24) is 10.6 Å². The Hall–Kier alpha value is -2.53. The van der Waals surface area contributed by atoms with Crippen LogP contribution in [0.15, 0.2) is 18.2 Å². The number of hydrogen-bond donors (Lipinski definition) is 3. The fraction of sp³-hybridized carbons (Fsp3) is 0.500. The zero-order valence-electron chi connectivity index (χ0n) is 14.4. The summed E-state index contributed by atoms with van der Waals surface area (Å²) in [5, 5.41) is 24.0. The van der Waals surface area contributed by atoms with Gasteiger partial charge in [0.15, 0.2) is 6.61 Å². The lowest BCUT2D eigenvalue weighted by atomic mass is 9.56. The molecular weight excluding hydrogens is 377 g/mol. The minimum Gasteiger partial charge on any atom is -0.484 e. The Bertz CT molecular complexity index is 802. The number of fused-ring (bicyclic) bond motifs is 3. The molecule has 0 spiro atoms. The predicted molar refractivity (Wildman–Crippen MR) is 93.9 cm³/mol. The van der Waals surface area contributed by atoms with E-state index in [0.717, 1.165) is 6.07 Å². The molecule has 27 heavy (non-hydrogen) atoms. The molecule has 3 aliphatic carbocycles. The van der Waals surface area contributed by atoms with Crippen molar-refractivity contribution in [3.63, 3.8) is 0 Å². The second-order valence-corrected chi connectivity index (χ2v) is 7.57. The normalized spacial score (nSPS) is 28.9. The van der Waals surface area contributed by atoms with Crippen LogP contribution in [0.2, 0.25) is 5.02 Å². The Kier molecular flexibility index (Phi) is 5.16. The lowest BCUT2D eigenvalue weighted by Crippen LogP contribution is -2.67. The van der Waals surface area contributed by atoms with E-state index in [1.54, 1.807) is 0 Å². The van der Waals surface area contributed by atoms with Crippen molar-refractivity contribution in [3.8, 4) is 11.8 Å². The molecule has 144 valence electrons. The topological polar surface area (TPSA) is 111 Å².